The molecule has 0 radical (unpaired) electrons. The van der Waals surface area contributed by atoms with Crippen molar-refractivity contribution >= 4 is 24.7 Å². The monoisotopic (exact) mass is 609 g/mol. The van der Waals surface area contributed by atoms with Crippen LogP contribution >= 0.6 is 0 Å². The van der Waals surface area contributed by atoms with Crippen LogP contribution in [0.15, 0.2) is 24.5 Å². The van der Waals surface area contributed by atoms with Crippen molar-refractivity contribution in [1.82, 2.24) is 15.6 Å². The number of ketones is 1. The molecule has 4 aliphatic rings. The number of carbonyl (C=O) groups is 3. The molecule has 6 atom stereocenters. The first-order valence-electron chi connectivity index (χ1n) is 17.3. The fourth-order valence-electron chi connectivity index (χ4n) is 7.85. The Morgan fingerprint density at radius 3 is 2.45 bits per heavy atom. The van der Waals surface area contributed by atoms with Crippen LogP contribution in [0.3, 0.4) is 0 Å². The van der Waals surface area contributed by atoms with Gasteiger partial charge in [-0.15, -0.1) is 0 Å². The molecular formula is C35H56BN3O5. The van der Waals surface area contributed by atoms with Crippen LogP contribution in [-0.4, -0.2) is 53.9 Å². The minimum atomic E-state index is -0.687. The van der Waals surface area contributed by atoms with Crippen LogP contribution in [0.5, 0.6) is 0 Å². The fourth-order valence-corrected chi connectivity index (χ4v) is 7.85. The summed E-state index contributed by atoms with van der Waals surface area (Å²) in [5.74, 6) is -0.157. The molecule has 244 valence electrons. The number of rotatable bonds is 18. The quantitative estimate of drug-likeness (QED) is 0.149. The molecule has 2 amide bonds. The first kappa shape index (κ1) is 34.6. The topological polar surface area (TPSA) is 107 Å². The second-order valence-electron chi connectivity index (χ2n) is 14.8. The van der Waals surface area contributed by atoms with Crippen molar-refractivity contribution in [2.24, 2.45) is 29.1 Å². The van der Waals surface area contributed by atoms with Crippen molar-refractivity contribution in [3.05, 3.63) is 30.1 Å². The molecule has 2 N–H and O–H groups in total. The summed E-state index contributed by atoms with van der Waals surface area (Å²) in [6, 6.07) is 3.38. The Morgan fingerprint density at radius 1 is 1.07 bits per heavy atom. The van der Waals surface area contributed by atoms with E-state index in [1.807, 2.05) is 0 Å². The van der Waals surface area contributed by atoms with E-state index in [9.17, 15) is 14.4 Å². The molecule has 0 aromatic carbocycles. The van der Waals surface area contributed by atoms with Gasteiger partial charge in [-0.2, -0.15) is 0 Å². The standard InChI is InChI=1S/C35H56BN3O5/c1-7-8-9-10-11-12-13-16-28(40)19-26(23-38-32(41)25-15-14-17-37-22-25)33(42)39-31(18-24(2)3)36-43-30-21-27-20-29(34(27,4)5)35(30,6)44-36/h14-15,17,22,24,26-27,29-31H,7-13,16,18-21,23H2,1-6H3,(H,38,41)(H,39,42)/t26-,27+,29+,30+,31-,35-/m0/s1. The summed E-state index contributed by atoms with van der Waals surface area (Å²) in [7, 11) is -0.541. The predicted octanol–water partition coefficient (Wildman–Crippen LogP) is 6.33. The van der Waals surface area contributed by atoms with Gasteiger partial charge in [-0.1, -0.05) is 73.1 Å². The molecule has 0 unspecified atom stereocenters. The number of carbonyl (C=O) groups excluding carboxylic acids is 3. The summed E-state index contributed by atoms with van der Waals surface area (Å²) in [6.45, 7) is 13.4. The van der Waals surface area contributed by atoms with E-state index in [-0.39, 0.29) is 53.6 Å². The zero-order valence-electron chi connectivity index (χ0n) is 28.0. The highest BCUT2D eigenvalue weighted by Crippen LogP contribution is 2.65. The van der Waals surface area contributed by atoms with Crippen LogP contribution < -0.4 is 10.6 Å². The van der Waals surface area contributed by atoms with E-state index in [1.165, 1.54) is 31.9 Å². The maximum atomic E-state index is 13.9. The van der Waals surface area contributed by atoms with Crippen LogP contribution in [-0.2, 0) is 18.9 Å². The van der Waals surface area contributed by atoms with Gasteiger partial charge in [-0.25, -0.2) is 0 Å². The summed E-state index contributed by atoms with van der Waals surface area (Å²) in [6.07, 6.45) is 14.4. The molecule has 2 bridgehead atoms. The number of nitrogens with zero attached hydrogens (tertiary/aromatic N) is 1. The highest BCUT2D eigenvalue weighted by Gasteiger charge is 2.68. The van der Waals surface area contributed by atoms with Gasteiger partial charge in [0.2, 0.25) is 5.91 Å². The average molecular weight is 610 g/mol. The molecule has 9 heteroatoms. The number of nitrogens with one attached hydrogen (secondary N) is 2. The highest BCUT2D eigenvalue weighted by molar-refractivity contribution is 6.47. The Bertz CT molecular complexity index is 1110. The van der Waals surface area contributed by atoms with Crippen molar-refractivity contribution in [2.75, 3.05) is 6.54 Å². The van der Waals surface area contributed by atoms with Gasteiger partial charge in [0.15, 0.2) is 0 Å². The smallest absolute Gasteiger partial charge is 0.404 e. The second-order valence-corrected chi connectivity index (χ2v) is 14.8. The Labute approximate surface area is 265 Å². The molecule has 4 fully saturated rings. The lowest BCUT2D eigenvalue weighted by Crippen LogP contribution is -2.65. The molecule has 0 spiro atoms. The summed E-state index contributed by atoms with van der Waals surface area (Å²) >= 11 is 0. The maximum absolute atomic E-state index is 13.9. The van der Waals surface area contributed by atoms with Gasteiger partial charge < -0.3 is 19.9 Å². The molecule has 8 nitrogen and oxygen atoms in total. The largest absolute Gasteiger partial charge is 0.481 e. The Hall–Kier alpha value is -2.26. The summed E-state index contributed by atoms with van der Waals surface area (Å²) in [5.41, 5.74) is 0.281. The van der Waals surface area contributed by atoms with Gasteiger partial charge in [-0.3, -0.25) is 19.4 Å². The number of aromatic nitrogens is 1. The zero-order chi connectivity index (χ0) is 31.9. The molecule has 1 aromatic heterocycles. The van der Waals surface area contributed by atoms with E-state index in [0.717, 1.165) is 32.1 Å². The van der Waals surface area contributed by atoms with E-state index in [1.54, 1.807) is 18.3 Å². The number of amides is 2. The Morgan fingerprint density at radius 2 is 1.80 bits per heavy atom. The minimum absolute atomic E-state index is 0.0222. The number of Topliss-reactive ketones (excluding diaryl/α,β-unsaturated/α-hetero) is 1. The van der Waals surface area contributed by atoms with Crippen molar-refractivity contribution in [1.29, 1.82) is 0 Å². The first-order chi connectivity index (χ1) is 21.0. The summed E-state index contributed by atoms with van der Waals surface area (Å²) in [5, 5.41) is 6.10. The van der Waals surface area contributed by atoms with Gasteiger partial charge >= 0.3 is 7.12 Å². The van der Waals surface area contributed by atoms with Crippen LogP contribution in [0.1, 0.15) is 129 Å². The number of hydrogen-bond acceptors (Lipinski definition) is 6. The van der Waals surface area contributed by atoms with E-state index < -0.39 is 13.0 Å². The Balaban J connectivity index is 1.40. The van der Waals surface area contributed by atoms with Gasteiger partial charge in [0.25, 0.3) is 5.91 Å². The van der Waals surface area contributed by atoms with Crippen LogP contribution in [0.4, 0.5) is 0 Å². The minimum Gasteiger partial charge on any atom is -0.404 e. The zero-order valence-corrected chi connectivity index (χ0v) is 28.0. The maximum Gasteiger partial charge on any atom is 0.481 e. The fraction of sp³-hybridized carbons (Fsp3) is 0.771. The van der Waals surface area contributed by atoms with Gasteiger partial charge in [-0.05, 0) is 67.9 Å². The lowest BCUT2D eigenvalue weighted by atomic mass is 9.43. The molecule has 1 saturated heterocycles. The summed E-state index contributed by atoms with van der Waals surface area (Å²) in [4.78, 5) is 43.8. The van der Waals surface area contributed by atoms with Crippen molar-refractivity contribution in [2.45, 2.75) is 136 Å². The highest BCUT2D eigenvalue weighted by atomic mass is 16.7. The van der Waals surface area contributed by atoms with Gasteiger partial charge in [0, 0.05) is 31.8 Å². The predicted molar refractivity (Wildman–Crippen MR) is 174 cm³/mol. The van der Waals surface area contributed by atoms with E-state index >= 15 is 0 Å². The van der Waals surface area contributed by atoms with Gasteiger partial charge in [0.05, 0.1) is 29.1 Å². The lowest BCUT2D eigenvalue weighted by Gasteiger charge is -2.64. The van der Waals surface area contributed by atoms with Crippen LogP contribution in [0.2, 0.25) is 0 Å². The second kappa shape index (κ2) is 15.4. The molecule has 3 aliphatic carbocycles. The molecule has 3 saturated carbocycles. The summed E-state index contributed by atoms with van der Waals surface area (Å²) < 4.78 is 13.3. The van der Waals surface area contributed by atoms with E-state index in [4.69, 9.17) is 9.31 Å². The SMILES string of the molecule is CCCCCCCCCC(=O)C[C@@H](CNC(=O)c1cccnc1)C(=O)N[C@@H](CC(C)C)B1O[C@@H]2C[C@H]3C[C@H](C3(C)C)[C@]2(C)O1. The average Bonchev–Trinajstić information content (AvgIpc) is 3.35. The molecule has 1 aromatic rings. The van der Waals surface area contributed by atoms with Crippen molar-refractivity contribution < 1.29 is 23.7 Å². The van der Waals surface area contributed by atoms with E-state index in [2.05, 4.69) is 57.2 Å². The molecular weight excluding hydrogens is 553 g/mol. The number of pyridine rings is 1. The first-order valence-corrected chi connectivity index (χ1v) is 17.3. The van der Waals surface area contributed by atoms with Crippen LogP contribution in [0.25, 0.3) is 0 Å². The Kier molecular flexibility index (Phi) is 12.1. The molecule has 44 heavy (non-hydrogen) atoms. The number of unbranched alkanes of at least 4 members (excludes halogenated alkanes) is 6. The van der Waals surface area contributed by atoms with Crippen molar-refractivity contribution in [3.63, 3.8) is 0 Å². The van der Waals surface area contributed by atoms with E-state index in [0.29, 0.717) is 36.2 Å². The normalized spacial score (nSPS) is 26.4. The third-order valence-corrected chi connectivity index (χ3v) is 10.7. The van der Waals surface area contributed by atoms with Crippen LogP contribution in [0, 0.1) is 29.1 Å². The molecule has 5 rings (SSSR count). The molecule has 1 aliphatic heterocycles. The molecule has 2 heterocycles. The lowest BCUT2D eigenvalue weighted by molar-refractivity contribution is -0.199. The van der Waals surface area contributed by atoms with Gasteiger partial charge in [0.1, 0.15) is 5.78 Å². The third kappa shape index (κ3) is 8.31. The number of hydrogen-bond donors (Lipinski definition) is 2. The van der Waals surface area contributed by atoms with Crippen molar-refractivity contribution in [3.8, 4) is 0 Å². The third-order valence-electron chi connectivity index (χ3n) is 10.7.